The zero-order valence-corrected chi connectivity index (χ0v) is 19.0. The Hall–Kier alpha value is -3.26. The van der Waals surface area contributed by atoms with Gasteiger partial charge in [-0.1, -0.05) is 12.8 Å². The van der Waals surface area contributed by atoms with Gasteiger partial charge in [-0.15, -0.1) is 0 Å². The van der Waals surface area contributed by atoms with E-state index in [0.717, 1.165) is 36.6 Å². The van der Waals surface area contributed by atoms with E-state index < -0.39 is 0 Å². The van der Waals surface area contributed by atoms with Crippen LogP contribution in [0.2, 0.25) is 0 Å². The van der Waals surface area contributed by atoms with E-state index in [2.05, 4.69) is 33.2 Å². The number of aromatic nitrogens is 2. The number of benzene rings is 1. The number of nitrogens with one attached hydrogen (secondary N) is 1. The topological polar surface area (TPSA) is 54.9 Å². The molecular formula is C28H28FN3O. The van der Waals surface area contributed by atoms with E-state index >= 15 is 0 Å². The number of nitrogens with zero attached hydrogens (tertiary/aromatic N) is 2. The maximum Gasteiger partial charge on any atom is 0.227 e. The fourth-order valence-electron chi connectivity index (χ4n) is 5.96. The Morgan fingerprint density at radius 2 is 1.88 bits per heavy atom. The normalized spacial score (nSPS) is 24.7. The number of hydrogen-bond donors (Lipinski definition) is 1. The SMILES string of the molecule is CC#Cc1ccc(NC(=O)C(C)C2CC3CC(c4ccnc5ccc(F)cc45)CC3C2)cn1. The Kier molecular flexibility index (Phi) is 5.85. The highest BCUT2D eigenvalue weighted by molar-refractivity contribution is 5.92. The molecule has 2 saturated carbocycles. The van der Waals surface area contributed by atoms with Crippen molar-refractivity contribution in [3.8, 4) is 11.8 Å². The number of fused-ring (bicyclic) bond motifs is 2. The van der Waals surface area contributed by atoms with Gasteiger partial charge in [-0.25, -0.2) is 9.37 Å². The van der Waals surface area contributed by atoms with E-state index in [9.17, 15) is 9.18 Å². The molecule has 0 saturated heterocycles. The predicted molar refractivity (Wildman–Crippen MR) is 128 cm³/mol. The Labute approximate surface area is 194 Å². The molecule has 2 heterocycles. The Morgan fingerprint density at radius 3 is 2.58 bits per heavy atom. The molecule has 3 aromatic rings. The number of carbonyl (C=O) groups excluding carboxylic acids is 1. The largest absolute Gasteiger partial charge is 0.324 e. The summed E-state index contributed by atoms with van der Waals surface area (Å²) in [6.07, 6.45) is 7.88. The van der Waals surface area contributed by atoms with Gasteiger partial charge in [0.05, 0.1) is 17.4 Å². The van der Waals surface area contributed by atoms with Gasteiger partial charge in [-0.3, -0.25) is 9.78 Å². The number of hydrogen-bond acceptors (Lipinski definition) is 3. The highest BCUT2D eigenvalue weighted by Crippen LogP contribution is 2.54. The predicted octanol–water partition coefficient (Wildman–Crippen LogP) is 5.93. The summed E-state index contributed by atoms with van der Waals surface area (Å²) < 4.78 is 13.9. The second-order valence-electron chi connectivity index (χ2n) is 9.57. The van der Waals surface area contributed by atoms with E-state index in [1.54, 1.807) is 25.3 Å². The van der Waals surface area contributed by atoms with Crippen LogP contribution in [0.3, 0.4) is 0 Å². The van der Waals surface area contributed by atoms with Crippen LogP contribution in [0.1, 0.15) is 56.7 Å². The molecule has 168 valence electrons. The van der Waals surface area contributed by atoms with Gasteiger partial charge in [-0.05, 0) is 104 Å². The van der Waals surface area contributed by atoms with Gasteiger partial charge in [0.15, 0.2) is 0 Å². The van der Waals surface area contributed by atoms with Crippen molar-refractivity contribution < 1.29 is 9.18 Å². The van der Waals surface area contributed by atoms with E-state index in [-0.39, 0.29) is 17.6 Å². The number of rotatable bonds is 4. The highest BCUT2D eigenvalue weighted by atomic mass is 19.1. The molecule has 3 unspecified atom stereocenters. The van der Waals surface area contributed by atoms with E-state index in [1.165, 1.54) is 11.6 Å². The van der Waals surface area contributed by atoms with Crippen molar-refractivity contribution in [2.24, 2.45) is 23.7 Å². The maximum atomic E-state index is 13.9. The third-order valence-corrected chi connectivity index (χ3v) is 7.63. The molecular weight excluding hydrogens is 413 g/mol. The summed E-state index contributed by atoms with van der Waals surface area (Å²) in [5, 5.41) is 3.96. The molecule has 2 fully saturated rings. The molecule has 5 rings (SSSR count). The number of halogens is 1. The highest BCUT2D eigenvalue weighted by Gasteiger charge is 2.44. The average molecular weight is 442 g/mol. The molecule has 1 amide bonds. The second-order valence-corrected chi connectivity index (χ2v) is 9.57. The van der Waals surface area contributed by atoms with Crippen molar-refractivity contribution in [2.75, 3.05) is 5.32 Å². The summed E-state index contributed by atoms with van der Waals surface area (Å²) in [5.41, 5.74) is 3.49. The van der Waals surface area contributed by atoms with Gasteiger partial charge in [0.2, 0.25) is 5.91 Å². The summed E-state index contributed by atoms with van der Waals surface area (Å²) in [7, 11) is 0. The summed E-state index contributed by atoms with van der Waals surface area (Å²) in [4.78, 5) is 21.6. The molecule has 0 spiro atoms. The third-order valence-electron chi connectivity index (χ3n) is 7.63. The van der Waals surface area contributed by atoms with Crippen LogP contribution in [-0.2, 0) is 4.79 Å². The molecule has 0 aliphatic heterocycles. The van der Waals surface area contributed by atoms with E-state index in [4.69, 9.17) is 0 Å². The summed E-state index contributed by atoms with van der Waals surface area (Å²) in [6, 6.07) is 10.6. The lowest BCUT2D eigenvalue weighted by Gasteiger charge is -2.21. The van der Waals surface area contributed by atoms with E-state index in [1.807, 2.05) is 25.3 Å². The lowest BCUT2D eigenvalue weighted by atomic mass is 9.86. The van der Waals surface area contributed by atoms with E-state index in [0.29, 0.717) is 35.1 Å². The number of amides is 1. The van der Waals surface area contributed by atoms with Crippen LogP contribution in [0.15, 0.2) is 48.8 Å². The maximum absolute atomic E-state index is 13.9. The van der Waals surface area contributed by atoms with Crippen molar-refractivity contribution in [1.29, 1.82) is 0 Å². The van der Waals surface area contributed by atoms with Crippen LogP contribution in [0.25, 0.3) is 10.9 Å². The molecule has 1 aromatic carbocycles. The number of pyridine rings is 2. The van der Waals surface area contributed by atoms with Gasteiger partial charge in [0.1, 0.15) is 11.5 Å². The van der Waals surface area contributed by atoms with Crippen molar-refractivity contribution in [3.05, 3.63) is 65.9 Å². The molecule has 0 radical (unpaired) electrons. The fourth-order valence-corrected chi connectivity index (χ4v) is 5.96. The van der Waals surface area contributed by atoms with Gasteiger partial charge >= 0.3 is 0 Å². The molecule has 2 aliphatic rings. The molecule has 3 atom stereocenters. The molecule has 0 bridgehead atoms. The van der Waals surface area contributed by atoms with Gasteiger partial charge < -0.3 is 5.32 Å². The summed E-state index contributed by atoms with van der Waals surface area (Å²) in [5.74, 6) is 7.62. The first-order valence-corrected chi connectivity index (χ1v) is 11.8. The zero-order chi connectivity index (χ0) is 22.9. The molecule has 1 N–H and O–H groups in total. The quantitative estimate of drug-likeness (QED) is 0.510. The Balaban J connectivity index is 1.22. The van der Waals surface area contributed by atoms with Gasteiger partial charge in [-0.2, -0.15) is 0 Å². The average Bonchev–Trinajstić information content (AvgIpc) is 3.39. The van der Waals surface area contributed by atoms with Gasteiger partial charge in [0.25, 0.3) is 0 Å². The fraction of sp³-hybridized carbons (Fsp3) is 0.393. The van der Waals surface area contributed by atoms with Gasteiger partial charge in [0, 0.05) is 17.5 Å². The first-order chi connectivity index (χ1) is 16.0. The van der Waals surface area contributed by atoms with Crippen molar-refractivity contribution in [3.63, 3.8) is 0 Å². The van der Waals surface area contributed by atoms with Crippen LogP contribution in [0.5, 0.6) is 0 Å². The van der Waals surface area contributed by atoms with Crippen molar-refractivity contribution >= 4 is 22.5 Å². The first kappa shape index (κ1) is 21.6. The van der Waals surface area contributed by atoms with Crippen LogP contribution < -0.4 is 5.32 Å². The van der Waals surface area contributed by atoms with Crippen molar-refractivity contribution in [2.45, 2.75) is 45.4 Å². The van der Waals surface area contributed by atoms with Crippen LogP contribution >= 0.6 is 0 Å². The first-order valence-electron chi connectivity index (χ1n) is 11.8. The van der Waals surface area contributed by atoms with Crippen LogP contribution in [0.4, 0.5) is 10.1 Å². The molecule has 33 heavy (non-hydrogen) atoms. The van der Waals surface area contributed by atoms with Crippen LogP contribution in [-0.4, -0.2) is 15.9 Å². The zero-order valence-electron chi connectivity index (χ0n) is 19.0. The minimum absolute atomic E-state index is 0.0417. The third kappa shape index (κ3) is 4.35. The Morgan fingerprint density at radius 1 is 1.09 bits per heavy atom. The molecule has 2 aliphatic carbocycles. The minimum Gasteiger partial charge on any atom is -0.324 e. The lowest BCUT2D eigenvalue weighted by molar-refractivity contribution is -0.120. The summed E-state index contributed by atoms with van der Waals surface area (Å²) >= 11 is 0. The lowest BCUT2D eigenvalue weighted by Crippen LogP contribution is -2.26. The Bertz CT molecular complexity index is 1230. The molecule has 2 aromatic heterocycles. The van der Waals surface area contributed by atoms with Crippen LogP contribution in [0, 0.1) is 41.3 Å². The monoisotopic (exact) mass is 441 g/mol. The minimum atomic E-state index is -0.210. The standard InChI is InChI=1S/C28H28FN3O/c1-3-4-23-6-7-24(16-31-23)32-28(33)17(2)18-11-19-13-21(14-20(19)12-18)25-9-10-30-27-8-5-22(29)15-26(25)27/h5-10,15-21H,11-14H2,1-2H3,(H,32,33). The number of anilines is 1. The molecule has 5 heteroatoms. The second kappa shape index (κ2) is 8.94. The van der Waals surface area contributed by atoms with Crippen molar-refractivity contribution in [1.82, 2.24) is 9.97 Å². The molecule has 4 nitrogen and oxygen atoms in total. The number of carbonyl (C=O) groups is 1. The smallest absolute Gasteiger partial charge is 0.227 e. The summed E-state index contributed by atoms with van der Waals surface area (Å²) in [6.45, 7) is 3.82.